The van der Waals surface area contributed by atoms with E-state index >= 15 is 0 Å². The zero-order valence-corrected chi connectivity index (χ0v) is 20.0. The minimum absolute atomic E-state index is 0.132. The Balaban J connectivity index is 1.34. The number of fused-ring (bicyclic) bond motifs is 1. The van der Waals surface area contributed by atoms with Gasteiger partial charge in [-0.2, -0.15) is 0 Å². The van der Waals surface area contributed by atoms with Crippen LogP contribution < -0.4 is 10.1 Å². The van der Waals surface area contributed by atoms with Gasteiger partial charge in [-0.1, -0.05) is 29.8 Å². The normalized spacial score (nSPS) is 15.3. The molecule has 0 saturated carbocycles. The van der Waals surface area contributed by atoms with Crippen molar-refractivity contribution in [2.75, 3.05) is 18.4 Å². The fraction of sp³-hybridized carbons (Fsp3) is 0.231. The summed E-state index contributed by atoms with van der Waals surface area (Å²) in [6, 6.07) is 14.2. The second-order valence-electron chi connectivity index (χ2n) is 8.42. The number of amides is 1. The molecule has 2 aromatic carbocycles. The first-order valence-corrected chi connectivity index (χ1v) is 12.0. The maximum absolute atomic E-state index is 13.4. The maximum atomic E-state index is 13.4. The molecule has 9 nitrogen and oxygen atoms in total. The van der Waals surface area contributed by atoms with Gasteiger partial charge in [0, 0.05) is 37.3 Å². The molecule has 3 heterocycles. The highest BCUT2D eigenvalue weighted by Gasteiger charge is 2.26. The highest BCUT2D eigenvalue weighted by molar-refractivity contribution is 6.35. The molecule has 1 amide bonds. The Kier molecular flexibility index (Phi) is 6.84. The quantitative estimate of drug-likeness (QED) is 0.304. The highest BCUT2D eigenvalue weighted by atomic mass is 35.5. The summed E-state index contributed by atoms with van der Waals surface area (Å²) < 4.78 is 5.80. The molecule has 1 aliphatic rings. The number of carbonyl (C=O) groups is 2. The van der Waals surface area contributed by atoms with E-state index in [0.29, 0.717) is 59.0 Å². The number of aromatic nitrogens is 3. The lowest BCUT2D eigenvalue weighted by atomic mass is 10.0. The summed E-state index contributed by atoms with van der Waals surface area (Å²) in [7, 11) is 0. The Morgan fingerprint density at radius 3 is 2.72 bits per heavy atom. The molecule has 0 radical (unpaired) electrons. The number of para-hydroxylation sites is 1. The molecule has 0 spiro atoms. The van der Waals surface area contributed by atoms with Crippen molar-refractivity contribution in [3.63, 3.8) is 0 Å². The van der Waals surface area contributed by atoms with E-state index in [2.05, 4.69) is 20.3 Å². The molecule has 2 aromatic heterocycles. The lowest BCUT2D eigenvalue weighted by Gasteiger charge is -2.20. The zero-order valence-electron chi connectivity index (χ0n) is 19.3. The molecule has 10 heteroatoms. The second-order valence-corrected chi connectivity index (χ2v) is 8.83. The smallest absolute Gasteiger partial charge is 0.226 e. The Morgan fingerprint density at radius 1 is 1.14 bits per heavy atom. The number of ketones is 1. The summed E-state index contributed by atoms with van der Waals surface area (Å²) in [6.45, 7) is 0.851. The third-order valence-corrected chi connectivity index (χ3v) is 6.36. The standard InChI is InChI=1S/C26H24ClN5O4/c27-20-13-17(36-16-5-2-1-3-6-16)8-9-18(20)24(35)19-14-29-26-23(19)25(30-15-31-26)28-11-10-22(34)32-12-4-7-21(32)33/h1-3,5-6,8-9,13-15,21,33H,4,7,10-12H2,(H2,28,29,30,31). The van der Waals surface area contributed by atoms with Crippen LogP contribution in [0.5, 0.6) is 11.5 Å². The number of halogens is 1. The molecule has 3 N–H and O–H groups in total. The third kappa shape index (κ3) is 4.89. The molecule has 1 fully saturated rings. The Labute approximate surface area is 212 Å². The predicted octanol–water partition coefficient (Wildman–Crippen LogP) is 4.38. The van der Waals surface area contributed by atoms with Crippen LogP contribution in [0.15, 0.2) is 61.1 Å². The van der Waals surface area contributed by atoms with E-state index in [0.717, 1.165) is 6.42 Å². The number of likely N-dealkylation sites (tertiary alicyclic amines) is 1. The molecule has 1 atom stereocenters. The highest BCUT2D eigenvalue weighted by Crippen LogP contribution is 2.31. The molecule has 1 unspecified atom stereocenters. The minimum atomic E-state index is -0.716. The van der Waals surface area contributed by atoms with Crippen molar-refractivity contribution in [3.8, 4) is 11.5 Å². The predicted molar refractivity (Wildman–Crippen MR) is 135 cm³/mol. The number of nitrogens with zero attached hydrogens (tertiary/aromatic N) is 3. The number of ether oxygens (including phenoxy) is 1. The van der Waals surface area contributed by atoms with Crippen molar-refractivity contribution >= 4 is 40.1 Å². The van der Waals surface area contributed by atoms with Gasteiger partial charge in [-0.05, 0) is 37.1 Å². The van der Waals surface area contributed by atoms with Crippen LogP contribution in [0, 0.1) is 0 Å². The molecule has 4 aromatic rings. The Morgan fingerprint density at radius 2 is 1.97 bits per heavy atom. The number of hydrogen-bond donors (Lipinski definition) is 3. The fourth-order valence-electron chi connectivity index (χ4n) is 4.26. The molecular formula is C26H24ClN5O4. The van der Waals surface area contributed by atoms with Gasteiger partial charge in [-0.3, -0.25) is 9.59 Å². The molecule has 1 saturated heterocycles. The number of hydrogen-bond acceptors (Lipinski definition) is 7. The summed E-state index contributed by atoms with van der Waals surface area (Å²) in [5.74, 6) is 1.17. The largest absolute Gasteiger partial charge is 0.457 e. The molecular weight excluding hydrogens is 482 g/mol. The maximum Gasteiger partial charge on any atom is 0.226 e. The van der Waals surface area contributed by atoms with Crippen LogP contribution in [0.2, 0.25) is 5.02 Å². The summed E-state index contributed by atoms with van der Waals surface area (Å²) in [4.78, 5) is 38.8. The number of rotatable bonds is 8. The number of carbonyl (C=O) groups excluding carboxylic acids is 2. The molecule has 184 valence electrons. The van der Waals surface area contributed by atoms with Crippen LogP contribution in [0.3, 0.4) is 0 Å². The van der Waals surface area contributed by atoms with Gasteiger partial charge < -0.3 is 25.0 Å². The minimum Gasteiger partial charge on any atom is -0.457 e. The Hall–Kier alpha value is -3.95. The first-order chi connectivity index (χ1) is 17.5. The molecule has 0 aliphatic carbocycles. The van der Waals surface area contributed by atoms with Gasteiger partial charge in [-0.25, -0.2) is 9.97 Å². The topological polar surface area (TPSA) is 120 Å². The van der Waals surface area contributed by atoms with Crippen molar-refractivity contribution in [3.05, 3.63) is 77.2 Å². The van der Waals surface area contributed by atoms with E-state index in [1.54, 1.807) is 24.4 Å². The van der Waals surface area contributed by atoms with Gasteiger partial charge in [0.1, 0.15) is 35.5 Å². The number of H-pyrrole nitrogens is 1. The SMILES string of the molecule is O=C(c1ccc(Oc2ccccc2)cc1Cl)c1c[nH]c2ncnc(NCCC(=O)N3CCCC3O)c12. The first kappa shape index (κ1) is 23.8. The molecule has 0 bridgehead atoms. The van der Waals surface area contributed by atoms with Gasteiger partial charge in [0.05, 0.1) is 16.0 Å². The second kappa shape index (κ2) is 10.3. The van der Waals surface area contributed by atoms with Crippen LogP contribution in [0.25, 0.3) is 11.0 Å². The Bertz CT molecular complexity index is 1410. The van der Waals surface area contributed by atoms with Crippen LogP contribution in [0.4, 0.5) is 5.82 Å². The van der Waals surface area contributed by atoms with Gasteiger partial charge >= 0.3 is 0 Å². The number of aliphatic hydroxyl groups excluding tert-OH is 1. The fourth-order valence-corrected chi connectivity index (χ4v) is 4.52. The third-order valence-electron chi connectivity index (χ3n) is 6.05. The zero-order chi connectivity index (χ0) is 25.1. The van der Waals surface area contributed by atoms with Gasteiger partial charge in [0.25, 0.3) is 0 Å². The average Bonchev–Trinajstić information content (AvgIpc) is 3.51. The van der Waals surface area contributed by atoms with E-state index in [9.17, 15) is 14.7 Å². The molecule has 36 heavy (non-hydrogen) atoms. The first-order valence-electron chi connectivity index (χ1n) is 11.6. The van der Waals surface area contributed by atoms with E-state index in [1.165, 1.54) is 11.2 Å². The van der Waals surface area contributed by atoms with Gasteiger partial charge in [0.2, 0.25) is 5.91 Å². The van der Waals surface area contributed by atoms with Crippen molar-refractivity contribution in [1.29, 1.82) is 0 Å². The average molecular weight is 506 g/mol. The summed E-state index contributed by atoms with van der Waals surface area (Å²) in [5.41, 5.74) is 1.15. The summed E-state index contributed by atoms with van der Waals surface area (Å²) in [5, 5.41) is 13.8. The number of anilines is 1. The number of aromatic amines is 1. The van der Waals surface area contributed by atoms with Crippen LogP contribution in [-0.2, 0) is 4.79 Å². The van der Waals surface area contributed by atoms with E-state index in [1.807, 2.05) is 30.3 Å². The van der Waals surface area contributed by atoms with Gasteiger partial charge in [0.15, 0.2) is 5.78 Å². The van der Waals surface area contributed by atoms with Crippen molar-refractivity contribution in [2.45, 2.75) is 25.5 Å². The van der Waals surface area contributed by atoms with E-state index < -0.39 is 6.23 Å². The van der Waals surface area contributed by atoms with Crippen LogP contribution >= 0.6 is 11.6 Å². The van der Waals surface area contributed by atoms with Crippen molar-refractivity contribution in [1.82, 2.24) is 19.9 Å². The molecule has 5 rings (SSSR count). The number of nitrogens with one attached hydrogen (secondary N) is 2. The van der Waals surface area contributed by atoms with Crippen LogP contribution in [-0.4, -0.2) is 56.0 Å². The monoisotopic (exact) mass is 505 g/mol. The van der Waals surface area contributed by atoms with Crippen molar-refractivity contribution < 1.29 is 19.4 Å². The van der Waals surface area contributed by atoms with E-state index in [4.69, 9.17) is 16.3 Å². The summed E-state index contributed by atoms with van der Waals surface area (Å²) in [6.07, 6.45) is 3.82. The van der Waals surface area contributed by atoms with E-state index in [-0.39, 0.29) is 23.1 Å². The summed E-state index contributed by atoms with van der Waals surface area (Å²) >= 11 is 6.47. The number of benzene rings is 2. The van der Waals surface area contributed by atoms with Gasteiger partial charge in [-0.15, -0.1) is 0 Å². The lowest BCUT2D eigenvalue weighted by Crippen LogP contribution is -2.36. The van der Waals surface area contributed by atoms with Crippen molar-refractivity contribution in [2.24, 2.45) is 0 Å². The molecule has 1 aliphatic heterocycles. The number of aliphatic hydroxyl groups is 1. The lowest BCUT2D eigenvalue weighted by molar-refractivity contribution is -0.137. The van der Waals surface area contributed by atoms with Crippen LogP contribution in [0.1, 0.15) is 35.2 Å².